The van der Waals surface area contributed by atoms with Gasteiger partial charge in [0.05, 0.1) is 27.2 Å². The van der Waals surface area contributed by atoms with Crippen molar-refractivity contribution in [3.63, 3.8) is 0 Å². The van der Waals surface area contributed by atoms with Crippen LogP contribution in [0.1, 0.15) is 6.42 Å². The van der Waals surface area contributed by atoms with Gasteiger partial charge in [0.1, 0.15) is 0 Å². The number of quaternary nitrogens is 1. The highest BCUT2D eigenvalue weighted by atomic mass is 32.1. The van der Waals surface area contributed by atoms with E-state index in [0.29, 0.717) is 17.7 Å². The van der Waals surface area contributed by atoms with E-state index >= 15 is 0 Å². The molecule has 1 aromatic rings. The first-order valence-electron chi connectivity index (χ1n) is 6.47. The van der Waals surface area contributed by atoms with Crippen LogP contribution in [0.4, 0.5) is 0 Å². The van der Waals surface area contributed by atoms with Gasteiger partial charge >= 0.3 is 5.97 Å². The van der Waals surface area contributed by atoms with Crippen molar-refractivity contribution in [3.8, 4) is 11.5 Å². The van der Waals surface area contributed by atoms with Crippen LogP contribution in [-0.4, -0.2) is 62.2 Å². The number of carbonyl (C=O) groups is 1. The van der Waals surface area contributed by atoms with Gasteiger partial charge in [-0.25, -0.2) is 4.79 Å². The zero-order chi connectivity index (χ0) is 14.6. The summed E-state index contributed by atoms with van der Waals surface area (Å²) < 4.78 is 17.2. The van der Waals surface area contributed by atoms with Gasteiger partial charge in [-0.3, -0.25) is 0 Å². The van der Waals surface area contributed by atoms with Gasteiger partial charge < -0.3 is 23.8 Å². The lowest BCUT2D eigenvalue weighted by molar-refractivity contribution is -0.883. The maximum atomic E-state index is 10.7. The summed E-state index contributed by atoms with van der Waals surface area (Å²) in [6.45, 7) is 1.76. The molecular weight excluding hydrogens is 282 g/mol. The normalized spacial score (nSPS) is 18.0. The van der Waals surface area contributed by atoms with Crippen LogP contribution in [0.3, 0.4) is 0 Å². The Labute approximate surface area is 122 Å². The van der Waals surface area contributed by atoms with Crippen LogP contribution < -0.4 is 9.47 Å². The summed E-state index contributed by atoms with van der Waals surface area (Å²) in [4.78, 5) is 10.7. The minimum atomic E-state index is -0.787. The Hall–Kier alpha value is -1.31. The highest BCUT2D eigenvalue weighted by Gasteiger charge is 2.23. The quantitative estimate of drug-likeness (QED) is 0.609. The van der Waals surface area contributed by atoms with E-state index in [-0.39, 0.29) is 12.8 Å². The summed E-state index contributed by atoms with van der Waals surface area (Å²) in [7, 11) is 3.79. The molecule has 1 aliphatic rings. The molecule has 7 heteroatoms. The minimum absolute atomic E-state index is 0.112. The van der Waals surface area contributed by atoms with Gasteiger partial charge in [0, 0.05) is 17.2 Å². The summed E-state index contributed by atoms with van der Waals surface area (Å²) in [6.07, 6.45) is 0.392. The molecule has 2 heterocycles. The number of likely N-dealkylation sites (N-methyl/N-ethyl adjacent to an activating group) is 1. The van der Waals surface area contributed by atoms with E-state index in [1.165, 1.54) is 11.3 Å². The van der Waals surface area contributed by atoms with Gasteiger partial charge in [0.15, 0.2) is 24.7 Å². The van der Waals surface area contributed by atoms with E-state index < -0.39 is 5.97 Å². The largest absolute Gasteiger partial charge is 0.482 e. The van der Waals surface area contributed by atoms with Crippen molar-refractivity contribution in [2.45, 2.75) is 12.7 Å². The molecule has 1 aliphatic heterocycles. The Balaban J connectivity index is 1.66. The number of carboxylic acids is 1. The number of aliphatic carboxylic acids is 1. The molecule has 0 bridgehead atoms. The second-order valence-corrected chi connectivity index (χ2v) is 6.14. The molecule has 1 aromatic heterocycles. The minimum Gasteiger partial charge on any atom is -0.482 e. The Bertz CT molecular complexity index is 459. The number of fused-ring (bicyclic) bond motifs is 1. The van der Waals surface area contributed by atoms with Crippen LogP contribution in [0.25, 0.3) is 0 Å². The third-order valence-corrected chi connectivity index (χ3v) is 3.70. The van der Waals surface area contributed by atoms with Crippen molar-refractivity contribution in [1.82, 2.24) is 0 Å². The summed E-state index contributed by atoms with van der Waals surface area (Å²) >= 11 is 1.53. The van der Waals surface area contributed by atoms with E-state index in [1.54, 1.807) is 0 Å². The average Bonchev–Trinajstić information content (AvgIpc) is 2.80. The second-order valence-electron chi connectivity index (χ2n) is 5.39. The smallest absolute Gasteiger partial charge is 0.359 e. The summed E-state index contributed by atoms with van der Waals surface area (Å²) in [5.74, 6) is 0.715. The van der Waals surface area contributed by atoms with Crippen molar-refractivity contribution in [1.29, 1.82) is 0 Å². The molecule has 0 radical (unpaired) electrons. The first kappa shape index (κ1) is 15.1. The maximum Gasteiger partial charge on any atom is 0.359 e. The third-order valence-electron chi connectivity index (χ3n) is 3.00. The highest BCUT2D eigenvalue weighted by Crippen LogP contribution is 2.35. The Morgan fingerprint density at radius 2 is 2.25 bits per heavy atom. The molecule has 2 rings (SSSR count). The molecule has 0 saturated heterocycles. The molecule has 0 fully saturated rings. The van der Waals surface area contributed by atoms with E-state index in [2.05, 4.69) is 0 Å². The Morgan fingerprint density at radius 3 is 3.00 bits per heavy atom. The predicted octanol–water partition coefficient (Wildman–Crippen LogP) is 1.41. The van der Waals surface area contributed by atoms with Crippen LogP contribution in [0, 0.1) is 0 Å². The third kappa shape index (κ3) is 4.36. The van der Waals surface area contributed by atoms with Crippen LogP contribution >= 0.6 is 11.3 Å². The maximum absolute atomic E-state index is 10.7. The van der Waals surface area contributed by atoms with Crippen LogP contribution in [0.5, 0.6) is 11.5 Å². The molecule has 1 atom stereocenters. The van der Waals surface area contributed by atoms with Crippen molar-refractivity contribution in [3.05, 3.63) is 10.8 Å². The van der Waals surface area contributed by atoms with E-state index in [9.17, 15) is 4.79 Å². The zero-order valence-electron chi connectivity index (χ0n) is 11.7. The van der Waals surface area contributed by atoms with Gasteiger partial charge in [0.25, 0.3) is 0 Å². The number of nitrogens with zero attached hydrogens (tertiary/aromatic N) is 1. The molecule has 20 heavy (non-hydrogen) atoms. The zero-order valence-corrected chi connectivity index (χ0v) is 12.5. The monoisotopic (exact) mass is 302 g/mol. The summed E-state index contributed by atoms with van der Waals surface area (Å²) in [5, 5.41) is 12.6. The first-order valence-corrected chi connectivity index (χ1v) is 7.41. The van der Waals surface area contributed by atoms with E-state index in [4.69, 9.17) is 19.3 Å². The Kier molecular flexibility index (Phi) is 4.85. The fraction of sp³-hybridized carbons (Fsp3) is 0.615. The predicted molar refractivity (Wildman–Crippen MR) is 74.3 cm³/mol. The lowest BCUT2D eigenvalue weighted by Crippen LogP contribution is -2.45. The summed E-state index contributed by atoms with van der Waals surface area (Å²) in [5.41, 5.74) is 0. The van der Waals surface area contributed by atoms with Crippen molar-refractivity contribution < 1.29 is 28.6 Å². The van der Waals surface area contributed by atoms with Crippen molar-refractivity contribution >= 4 is 17.3 Å². The number of hydrogen-bond acceptors (Lipinski definition) is 5. The standard InChI is InChI=1S/C13H19NO5S/c1-14(2,6-12(15)16)4-3-5-17-13-7-18-10-8-20-9-11(10)19-13/h8-9,13H,3-7H2,1-2H3/p+1. The van der Waals surface area contributed by atoms with Crippen LogP contribution in [0.15, 0.2) is 10.8 Å². The number of rotatable bonds is 7. The van der Waals surface area contributed by atoms with E-state index in [1.807, 2.05) is 24.9 Å². The fourth-order valence-corrected chi connectivity index (χ4v) is 2.70. The lowest BCUT2D eigenvalue weighted by Gasteiger charge is -2.28. The number of carboxylic acid groups (broad SMARTS) is 1. The molecule has 1 N–H and O–H groups in total. The molecule has 112 valence electrons. The molecule has 0 saturated carbocycles. The number of thiophene rings is 1. The summed E-state index contributed by atoms with van der Waals surface area (Å²) in [6, 6.07) is 0. The fourth-order valence-electron chi connectivity index (χ4n) is 2.03. The average molecular weight is 302 g/mol. The van der Waals surface area contributed by atoms with Gasteiger partial charge in [-0.15, -0.1) is 11.3 Å². The SMILES string of the molecule is C[N+](C)(CCCOC1COc2cscc2O1)CC(=O)O. The first-order chi connectivity index (χ1) is 9.46. The highest BCUT2D eigenvalue weighted by molar-refractivity contribution is 7.08. The Morgan fingerprint density at radius 1 is 1.50 bits per heavy atom. The molecule has 0 spiro atoms. The van der Waals surface area contributed by atoms with Gasteiger partial charge in [0.2, 0.25) is 6.29 Å². The van der Waals surface area contributed by atoms with E-state index in [0.717, 1.165) is 24.5 Å². The van der Waals surface area contributed by atoms with Crippen molar-refractivity contribution in [2.75, 3.05) is 40.4 Å². The second kappa shape index (κ2) is 6.43. The number of ether oxygens (including phenoxy) is 3. The topological polar surface area (TPSA) is 65.0 Å². The molecule has 0 amide bonds. The van der Waals surface area contributed by atoms with Crippen LogP contribution in [-0.2, 0) is 9.53 Å². The molecular formula is C13H20NO5S+. The molecule has 0 aromatic carbocycles. The van der Waals surface area contributed by atoms with Gasteiger partial charge in [-0.05, 0) is 0 Å². The molecule has 6 nitrogen and oxygen atoms in total. The van der Waals surface area contributed by atoms with Gasteiger partial charge in [-0.1, -0.05) is 0 Å². The van der Waals surface area contributed by atoms with Gasteiger partial charge in [-0.2, -0.15) is 0 Å². The number of hydrogen-bond donors (Lipinski definition) is 1. The van der Waals surface area contributed by atoms with Crippen molar-refractivity contribution in [2.24, 2.45) is 0 Å². The molecule has 0 aliphatic carbocycles. The lowest BCUT2D eigenvalue weighted by atomic mass is 10.3. The molecule has 1 unspecified atom stereocenters. The van der Waals surface area contributed by atoms with Crippen LogP contribution in [0.2, 0.25) is 0 Å².